The Kier molecular flexibility index (Phi) is 8.35. The Morgan fingerprint density at radius 3 is 2.40 bits per heavy atom. The highest BCUT2D eigenvalue weighted by atomic mass is 32.1. The first kappa shape index (κ1) is 24.3. The maximum Gasteiger partial charge on any atom is 0.291 e. The van der Waals surface area contributed by atoms with Crippen molar-refractivity contribution in [3.63, 3.8) is 0 Å². The van der Waals surface area contributed by atoms with Crippen molar-refractivity contribution in [2.24, 2.45) is 11.3 Å². The number of rotatable bonds is 10. The molecular weight excluding hydrogens is 402 g/mol. The molecule has 2 rings (SSSR count). The van der Waals surface area contributed by atoms with E-state index < -0.39 is 23.1 Å². The van der Waals surface area contributed by atoms with Gasteiger partial charge in [0, 0.05) is 12.0 Å². The number of benzene rings is 1. The van der Waals surface area contributed by atoms with Crippen LogP contribution in [0.15, 0.2) is 18.2 Å². The van der Waals surface area contributed by atoms with Crippen molar-refractivity contribution in [2.45, 2.75) is 58.9 Å². The molecule has 1 aromatic rings. The highest BCUT2D eigenvalue weighted by Gasteiger charge is 2.44. The van der Waals surface area contributed by atoms with Crippen LogP contribution in [0.4, 0.5) is 0 Å². The molecule has 30 heavy (non-hydrogen) atoms. The van der Waals surface area contributed by atoms with E-state index in [1.54, 1.807) is 28.1 Å². The van der Waals surface area contributed by atoms with Gasteiger partial charge < -0.3 is 14.4 Å². The Morgan fingerprint density at radius 2 is 1.83 bits per heavy atom. The van der Waals surface area contributed by atoms with Gasteiger partial charge in [-0.1, -0.05) is 26.8 Å². The van der Waals surface area contributed by atoms with Crippen LogP contribution >= 0.6 is 12.6 Å². The summed E-state index contributed by atoms with van der Waals surface area (Å²) in [6, 6.07) is 5.20. The van der Waals surface area contributed by atoms with E-state index in [-0.39, 0.29) is 11.0 Å². The topological polar surface area (TPSA) is 72.9 Å². The van der Waals surface area contributed by atoms with Crippen molar-refractivity contribution in [1.82, 2.24) is 4.90 Å². The summed E-state index contributed by atoms with van der Waals surface area (Å²) in [5.41, 5.74) is 0.388. The second-order valence-corrected chi connectivity index (χ2v) is 8.92. The second kappa shape index (κ2) is 10.3. The molecule has 1 fully saturated rings. The number of carbonyl (C=O) groups excluding carboxylic acids is 3. The van der Waals surface area contributed by atoms with E-state index in [0.717, 1.165) is 24.8 Å². The number of ether oxygens (including phenoxy) is 2. The number of amides is 1. The lowest BCUT2D eigenvalue weighted by Crippen LogP contribution is -2.48. The Hall–Kier alpha value is -2.02. The van der Waals surface area contributed by atoms with Gasteiger partial charge in [0.25, 0.3) is 5.91 Å². The molecule has 7 heteroatoms. The number of carbonyl (C=O) groups is 3. The summed E-state index contributed by atoms with van der Waals surface area (Å²) in [4.78, 5) is 39.1. The molecule has 0 bridgehead atoms. The normalized spacial score (nSPS) is 18.9. The average Bonchev–Trinajstić information content (AvgIpc) is 3.16. The number of aryl methyl sites for hydroxylation is 1. The number of likely N-dealkylation sites (tertiary alicyclic amines) is 1. The summed E-state index contributed by atoms with van der Waals surface area (Å²) < 4.78 is 10.6. The van der Waals surface area contributed by atoms with Gasteiger partial charge in [-0.3, -0.25) is 14.4 Å². The van der Waals surface area contributed by atoms with Crippen LogP contribution in [0.3, 0.4) is 0 Å². The molecule has 0 aliphatic carbocycles. The lowest BCUT2D eigenvalue weighted by Gasteiger charge is -2.28. The molecule has 1 heterocycles. The van der Waals surface area contributed by atoms with Crippen LogP contribution in [-0.2, 0) is 20.8 Å². The van der Waals surface area contributed by atoms with Crippen LogP contribution in [-0.4, -0.2) is 48.5 Å². The second-order valence-electron chi connectivity index (χ2n) is 8.48. The van der Waals surface area contributed by atoms with Gasteiger partial charge >= 0.3 is 0 Å². The van der Waals surface area contributed by atoms with Crippen molar-refractivity contribution < 1.29 is 23.9 Å². The van der Waals surface area contributed by atoms with Crippen molar-refractivity contribution >= 4 is 29.4 Å². The number of ketones is 1. The maximum atomic E-state index is 12.8. The van der Waals surface area contributed by atoms with Crippen molar-refractivity contribution in [3.05, 3.63) is 23.8 Å². The highest BCUT2D eigenvalue weighted by molar-refractivity contribution is 7.96. The third-order valence-electron chi connectivity index (χ3n) is 6.22. The summed E-state index contributed by atoms with van der Waals surface area (Å²) >= 11 is 4.04. The molecular formula is C23H33NO5S. The molecule has 1 aliphatic heterocycles. The minimum atomic E-state index is -0.729. The molecule has 2 unspecified atom stereocenters. The van der Waals surface area contributed by atoms with Gasteiger partial charge in [-0.25, -0.2) is 0 Å². The summed E-state index contributed by atoms with van der Waals surface area (Å²) in [7, 11) is 3.21. The van der Waals surface area contributed by atoms with Crippen LogP contribution in [0.1, 0.15) is 52.0 Å². The fourth-order valence-corrected chi connectivity index (χ4v) is 4.26. The third-order valence-corrected chi connectivity index (χ3v) is 6.48. The van der Waals surface area contributed by atoms with E-state index in [2.05, 4.69) is 12.6 Å². The molecule has 1 aromatic carbocycles. The van der Waals surface area contributed by atoms with Crippen molar-refractivity contribution in [2.75, 3.05) is 20.8 Å². The van der Waals surface area contributed by atoms with Crippen molar-refractivity contribution in [3.8, 4) is 11.5 Å². The molecule has 0 spiro atoms. The van der Waals surface area contributed by atoms with E-state index in [1.807, 2.05) is 25.1 Å². The maximum absolute atomic E-state index is 12.8. The summed E-state index contributed by atoms with van der Waals surface area (Å²) in [6.45, 7) is 5.83. The SMILES string of the molecule is CCC(C)(C)C(=O)C(=O)N1CCC(CCCc2ccc(OC)c(OC)c2)C1C(=O)S. The minimum absolute atomic E-state index is 0.0108. The average molecular weight is 436 g/mol. The Balaban J connectivity index is 2.02. The zero-order valence-electron chi connectivity index (χ0n) is 18.6. The summed E-state index contributed by atoms with van der Waals surface area (Å²) in [5.74, 6) is 0.392. The quantitative estimate of drug-likeness (QED) is 0.448. The van der Waals surface area contributed by atoms with E-state index in [1.165, 1.54) is 4.90 Å². The van der Waals surface area contributed by atoms with Gasteiger partial charge in [0.15, 0.2) is 11.5 Å². The van der Waals surface area contributed by atoms with E-state index in [4.69, 9.17) is 9.47 Å². The molecule has 1 amide bonds. The lowest BCUT2D eigenvalue weighted by atomic mass is 9.84. The third kappa shape index (κ3) is 5.36. The fourth-order valence-electron chi connectivity index (χ4n) is 3.91. The Morgan fingerprint density at radius 1 is 1.17 bits per heavy atom. The molecule has 0 radical (unpaired) electrons. The summed E-state index contributed by atoms with van der Waals surface area (Å²) in [5, 5.41) is -0.348. The number of thiol groups is 1. The van der Waals surface area contributed by atoms with Crippen LogP contribution in [0.25, 0.3) is 0 Å². The molecule has 1 aliphatic rings. The lowest BCUT2D eigenvalue weighted by molar-refractivity contribution is -0.150. The van der Waals surface area contributed by atoms with Crippen molar-refractivity contribution in [1.29, 1.82) is 0 Å². The minimum Gasteiger partial charge on any atom is -0.493 e. The highest BCUT2D eigenvalue weighted by Crippen LogP contribution is 2.33. The van der Waals surface area contributed by atoms with Gasteiger partial charge in [0.1, 0.15) is 6.04 Å². The zero-order valence-corrected chi connectivity index (χ0v) is 19.5. The van der Waals surface area contributed by atoms with Gasteiger partial charge in [-0.15, -0.1) is 12.6 Å². The Bertz CT molecular complexity index is 792. The molecule has 6 nitrogen and oxygen atoms in total. The fraction of sp³-hybridized carbons (Fsp3) is 0.609. The van der Waals surface area contributed by atoms with Gasteiger partial charge in [-0.2, -0.15) is 0 Å². The smallest absolute Gasteiger partial charge is 0.291 e. The molecule has 166 valence electrons. The molecule has 1 saturated heterocycles. The molecule has 0 saturated carbocycles. The van der Waals surface area contributed by atoms with Gasteiger partial charge in [0.2, 0.25) is 10.9 Å². The predicted octanol–water partition coefficient (Wildman–Crippen LogP) is 3.71. The van der Waals surface area contributed by atoms with Crippen LogP contribution in [0, 0.1) is 11.3 Å². The van der Waals surface area contributed by atoms with E-state index >= 15 is 0 Å². The number of methoxy groups -OCH3 is 2. The monoisotopic (exact) mass is 435 g/mol. The van der Waals surface area contributed by atoms with Gasteiger partial charge in [-0.05, 0) is 55.7 Å². The zero-order chi connectivity index (χ0) is 22.5. The first-order chi connectivity index (χ1) is 14.2. The van der Waals surface area contributed by atoms with Crippen LogP contribution in [0.2, 0.25) is 0 Å². The molecule has 0 aromatic heterocycles. The van der Waals surface area contributed by atoms with Crippen LogP contribution < -0.4 is 9.47 Å². The van der Waals surface area contributed by atoms with Gasteiger partial charge in [0.05, 0.1) is 14.2 Å². The van der Waals surface area contributed by atoms with Crippen LogP contribution in [0.5, 0.6) is 11.5 Å². The van der Waals surface area contributed by atoms with E-state index in [0.29, 0.717) is 30.9 Å². The predicted molar refractivity (Wildman–Crippen MR) is 119 cm³/mol. The number of Topliss-reactive ketones (excluding diaryl/α,β-unsaturated/α-hetero) is 1. The first-order valence-corrected chi connectivity index (χ1v) is 10.9. The number of hydrogen-bond acceptors (Lipinski definition) is 5. The standard InChI is InChI=1S/C23H33NO5S/c1-6-23(2,3)20(25)21(26)24-13-12-16(19(24)22(27)30)9-7-8-15-10-11-17(28-4)18(14-15)29-5/h10-11,14,16,19H,6-9,12-13H2,1-5H3,(H,27,30). The summed E-state index contributed by atoms with van der Waals surface area (Å²) in [6.07, 6.45) is 3.72. The first-order valence-electron chi connectivity index (χ1n) is 10.4. The number of hydrogen-bond donors (Lipinski definition) is 1. The number of nitrogens with zero attached hydrogens (tertiary/aromatic N) is 1. The van der Waals surface area contributed by atoms with E-state index in [9.17, 15) is 14.4 Å². The molecule has 2 atom stereocenters. The largest absolute Gasteiger partial charge is 0.493 e. The molecule has 0 N–H and O–H groups in total. The Labute approximate surface area is 184 Å².